The van der Waals surface area contributed by atoms with Crippen LogP contribution in [0.3, 0.4) is 0 Å². The summed E-state index contributed by atoms with van der Waals surface area (Å²) >= 11 is 0. The molecule has 0 radical (unpaired) electrons. The van der Waals surface area contributed by atoms with Crippen LogP contribution in [0.5, 0.6) is 0 Å². The second kappa shape index (κ2) is 10.7. The number of unbranched alkanes of at least 4 members (excludes halogenated alkanes) is 2. The van der Waals surface area contributed by atoms with E-state index in [1.165, 1.54) is 25.0 Å². The van der Waals surface area contributed by atoms with Crippen molar-refractivity contribution in [3.8, 4) is 11.1 Å². The number of carboxylic acid groups (broad SMARTS) is 1. The Morgan fingerprint density at radius 3 is 2.42 bits per heavy atom. The zero-order valence-electron chi connectivity index (χ0n) is 19.5. The molecule has 1 fully saturated rings. The molecule has 5 nitrogen and oxygen atoms in total. The Bertz CT molecular complexity index is 1130. The molecule has 1 heterocycles. The van der Waals surface area contributed by atoms with E-state index in [1.807, 2.05) is 45.5 Å². The lowest BCUT2D eigenvalue weighted by molar-refractivity contribution is 0.0697. The zero-order chi connectivity index (χ0) is 23.2. The maximum atomic E-state index is 13.3. The van der Waals surface area contributed by atoms with E-state index in [4.69, 9.17) is 0 Å². The van der Waals surface area contributed by atoms with E-state index in [2.05, 4.69) is 13.1 Å². The first kappa shape index (κ1) is 23.1. The molecule has 3 aromatic rings. The first-order valence-corrected chi connectivity index (χ1v) is 12.3. The number of benzene rings is 2. The van der Waals surface area contributed by atoms with Crippen LogP contribution in [0.1, 0.15) is 85.8 Å². The molecule has 0 bridgehead atoms. The van der Waals surface area contributed by atoms with Crippen molar-refractivity contribution >= 4 is 5.97 Å². The van der Waals surface area contributed by atoms with Crippen LogP contribution in [0, 0.1) is 0 Å². The fraction of sp³-hybridized carbons (Fsp3) is 0.429. The summed E-state index contributed by atoms with van der Waals surface area (Å²) < 4.78 is 3.89. The maximum Gasteiger partial charge on any atom is 0.336 e. The van der Waals surface area contributed by atoms with Gasteiger partial charge in [0.05, 0.1) is 12.1 Å². The van der Waals surface area contributed by atoms with E-state index in [0.717, 1.165) is 49.8 Å². The predicted octanol–water partition coefficient (Wildman–Crippen LogP) is 6.30. The topological polar surface area (TPSA) is 64.2 Å². The Labute approximate surface area is 195 Å². The van der Waals surface area contributed by atoms with Crippen LogP contribution in [0.15, 0.2) is 59.5 Å². The normalized spacial score (nSPS) is 14.5. The number of carbonyl (C=O) groups is 1. The molecule has 1 N–H and O–H groups in total. The van der Waals surface area contributed by atoms with Crippen LogP contribution < -0.4 is 5.69 Å². The standard InChI is InChI=1S/C28H34N2O3/c1-2-3-9-18-29-20-26(23-10-5-4-6-11-23)30(28(29)33)19-21-14-16-22(17-15-21)24-12-7-8-13-25(24)27(31)32/h7-8,12-17,20,23H,2-6,9-11,18-19H2,1H3,(H,31,32). The van der Waals surface area contributed by atoms with Crippen molar-refractivity contribution in [2.45, 2.75) is 77.3 Å². The predicted molar refractivity (Wildman–Crippen MR) is 132 cm³/mol. The molecule has 0 atom stereocenters. The van der Waals surface area contributed by atoms with E-state index in [9.17, 15) is 14.7 Å². The van der Waals surface area contributed by atoms with Crippen LogP contribution in [0.2, 0.25) is 0 Å². The van der Waals surface area contributed by atoms with Crippen molar-refractivity contribution in [2.75, 3.05) is 0 Å². The molecule has 1 aromatic heterocycles. The van der Waals surface area contributed by atoms with E-state index < -0.39 is 5.97 Å². The van der Waals surface area contributed by atoms with Gasteiger partial charge >= 0.3 is 11.7 Å². The largest absolute Gasteiger partial charge is 0.478 e. The minimum Gasteiger partial charge on any atom is -0.478 e. The quantitative estimate of drug-likeness (QED) is 0.392. The second-order valence-electron chi connectivity index (χ2n) is 9.21. The summed E-state index contributed by atoms with van der Waals surface area (Å²) in [5.41, 5.74) is 4.19. The highest BCUT2D eigenvalue weighted by Crippen LogP contribution is 2.32. The van der Waals surface area contributed by atoms with Crippen LogP contribution in [-0.2, 0) is 13.1 Å². The molecular weight excluding hydrogens is 412 g/mol. The first-order valence-electron chi connectivity index (χ1n) is 12.3. The average Bonchev–Trinajstić information content (AvgIpc) is 3.15. The number of imidazole rings is 1. The molecule has 5 heteroatoms. The van der Waals surface area contributed by atoms with E-state index in [1.54, 1.807) is 12.1 Å². The second-order valence-corrected chi connectivity index (χ2v) is 9.21. The Morgan fingerprint density at radius 2 is 1.73 bits per heavy atom. The summed E-state index contributed by atoms with van der Waals surface area (Å²) in [5.74, 6) is -0.469. The number of aromatic nitrogens is 2. The van der Waals surface area contributed by atoms with Crippen molar-refractivity contribution in [1.82, 2.24) is 9.13 Å². The third-order valence-corrected chi connectivity index (χ3v) is 6.87. The third kappa shape index (κ3) is 5.29. The molecule has 1 aliphatic carbocycles. The molecule has 2 aromatic carbocycles. The summed E-state index contributed by atoms with van der Waals surface area (Å²) in [6.07, 6.45) is 11.5. The van der Waals surface area contributed by atoms with Crippen molar-refractivity contribution in [2.24, 2.45) is 0 Å². The first-order chi connectivity index (χ1) is 16.1. The lowest BCUT2D eigenvalue weighted by Gasteiger charge is -2.22. The van der Waals surface area contributed by atoms with Gasteiger partial charge in [0.1, 0.15) is 0 Å². The Balaban J connectivity index is 1.61. The van der Waals surface area contributed by atoms with E-state index in [0.29, 0.717) is 23.6 Å². The van der Waals surface area contributed by atoms with Crippen molar-refractivity contribution < 1.29 is 9.90 Å². The highest BCUT2D eigenvalue weighted by molar-refractivity contribution is 5.95. The molecular formula is C28H34N2O3. The van der Waals surface area contributed by atoms with Gasteiger partial charge in [-0.1, -0.05) is 81.5 Å². The summed E-state index contributed by atoms with van der Waals surface area (Å²) in [6, 6.07) is 15.0. The minimum atomic E-state index is -0.928. The third-order valence-electron chi connectivity index (χ3n) is 6.87. The Kier molecular flexibility index (Phi) is 7.48. The van der Waals surface area contributed by atoms with Gasteiger partial charge in [-0.3, -0.25) is 9.13 Å². The maximum absolute atomic E-state index is 13.3. The van der Waals surface area contributed by atoms with Crippen LogP contribution in [0.25, 0.3) is 11.1 Å². The molecule has 0 amide bonds. The molecule has 4 rings (SSSR count). The molecule has 1 saturated carbocycles. The monoisotopic (exact) mass is 446 g/mol. The summed E-state index contributed by atoms with van der Waals surface area (Å²) in [5, 5.41) is 9.50. The zero-order valence-corrected chi connectivity index (χ0v) is 19.5. The van der Waals surface area contributed by atoms with E-state index in [-0.39, 0.29) is 5.69 Å². The Hall–Kier alpha value is -3.08. The van der Waals surface area contributed by atoms with Gasteiger partial charge in [0, 0.05) is 24.4 Å². The molecule has 0 unspecified atom stereocenters. The van der Waals surface area contributed by atoms with Crippen LogP contribution in [-0.4, -0.2) is 20.2 Å². The molecule has 0 aliphatic heterocycles. The number of hydrogen-bond donors (Lipinski definition) is 1. The van der Waals surface area contributed by atoms with Crippen molar-refractivity contribution in [3.05, 3.63) is 82.0 Å². The number of rotatable bonds is 9. The molecule has 0 saturated heterocycles. The highest BCUT2D eigenvalue weighted by atomic mass is 16.4. The Morgan fingerprint density at radius 1 is 1.00 bits per heavy atom. The number of carboxylic acids is 1. The van der Waals surface area contributed by atoms with Gasteiger partial charge in [-0.25, -0.2) is 9.59 Å². The highest BCUT2D eigenvalue weighted by Gasteiger charge is 2.22. The SMILES string of the molecule is CCCCCn1cc(C2CCCCC2)n(Cc2ccc(-c3ccccc3C(=O)O)cc2)c1=O. The van der Waals surface area contributed by atoms with Crippen LogP contribution in [0.4, 0.5) is 0 Å². The number of nitrogens with zero attached hydrogens (tertiary/aromatic N) is 2. The van der Waals surface area contributed by atoms with Gasteiger partial charge in [0.15, 0.2) is 0 Å². The molecule has 174 valence electrons. The lowest BCUT2D eigenvalue weighted by atomic mass is 9.87. The smallest absolute Gasteiger partial charge is 0.336 e. The van der Waals surface area contributed by atoms with Crippen molar-refractivity contribution in [1.29, 1.82) is 0 Å². The summed E-state index contributed by atoms with van der Waals surface area (Å²) in [4.78, 5) is 24.9. The number of aryl methyl sites for hydroxylation is 1. The summed E-state index contributed by atoms with van der Waals surface area (Å²) in [6.45, 7) is 3.51. The number of hydrogen-bond acceptors (Lipinski definition) is 2. The van der Waals surface area contributed by atoms with Gasteiger partial charge in [0.25, 0.3) is 0 Å². The lowest BCUT2D eigenvalue weighted by Crippen LogP contribution is -2.26. The molecule has 0 spiro atoms. The van der Waals surface area contributed by atoms with Crippen LogP contribution >= 0.6 is 0 Å². The van der Waals surface area contributed by atoms with E-state index >= 15 is 0 Å². The van der Waals surface area contributed by atoms with Gasteiger partial charge in [-0.2, -0.15) is 0 Å². The van der Waals surface area contributed by atoms with Gasteiger partial charge < -0.3 is 5.11 Å². The van der Waals surface area contributed by atoms with Gasteiger partial charge in [-0.15, -0.1) is 0 Å². The fourth-order valence-corrected chi connectivity index (χ4v) is 5.02. The minimum absolute atomic E-state index is 0.0898. The average molecular weight is 447 g/mol. The summed E-state index contributed by atoms with van der Waals surface area (Å²) in [7, 11) is 0. The number of aromatic carboxylic acids is 1. The molecule has 1 aliphatic rings. The van der Waals surface area contributed by atoms with Gasteiger partial charge in [-0.05, 0) is 42.0 Å². The van der Waals surface area contributed by atoms with Gasteiger partial charge in [0.2, 0.25) is 0 Å². The fourth-order valence-electron chi connectivity index (χ4n) is 5.02. The van der Waals surface area contributed by atoms with Crippen molar-refractivity contribution in [3.63, 3.8) is 0 Å². The molecule has 33 heavy (non-hydrogen) atoms.